The third-order valence-electron chi connectivity index (χ3n) is 9.32. The molecule has 0 bridgehead atoms. The Hall–Kier alpha value is -1.26. The van der Waals surface area contributed by atoms with E-state index in [1.54, 1.807) is 6.08 Å². The Labute approximate surface area is 154 Å². The van der Waals surface area contributed by atoms with Crippen molar-refractivity contribution in [2.75, 3.05) is 6.61 Å². The number of epoxide rings is 1. The Morgan fingerprint density at radius 2 is 2.00 bits per heavy atom. The summed E-state index contributed by atoms with van der Waals surface area (Å²) in [6.45, 7) is 7.03. The molecule has 0 amide bonds. The van der Waals surface area contributed by atoms with Crippen LogP contribution in [0.4, 0.5) is 0 Å². The van der Waals surface area contributed by atoms with Crippen molar-refractivity contribution in [1.29, 1.82) is 0 Å². The van der Waals surface area contributed by atoms with Gasteiger partial charge >= 0.3 is 0 Å². The summed E-state index contributed by atoms with van der Waals surface area (Å²) in [5.41, 5.74) is 0.174. The van der Waals surface area contributed by atoms with Gasteiger partial charge in [-0.1, -0.05) is 25.5 Å². The summed E-state index contributed by atoms with van der Waals surface area (Å²) in [7, 11) is 0. The highest BCUT2D eigenvalue weighted by Gasteiger charge is 2.83. The van der Waals surface area contributed by atoms with Crippen molar-refractivity contribution in [3.05, 3.63) is 23.8 Å². The summed E-state index contributed by atoms with van der Waals surface area (Å²) in [6, 6.07) is 0. The van der Waals surface area contributed by atoms with E-state index in [-0.39, 0.29) is 40.8 Å². The zero-order valence-electron chi connectivity index (χ0n) is 15.7. The van der Waals surface area contributed by atoms with Crippen LogP contribution in [0.1, 0.15) is 46.5 Å². The zero-order chi connectivity index (χ0) is 18.1. The van der Waals surface area contributed by atoms with Gasteiger partial charge in [-0.15, -0.1) is 0 Å². The van der Waals surface area contributed by atoms with Crippen molar-refractivity contribution in [1.82, 2.24) is 0 Å². The average Bonchev–Trinajstić information content (AvgIpc) is 3.23. The van der Waals surface area contributed by atoms with E-state index in [0.29, 0.717) is 17.6 Å². The molecule has 5 fully saturated rings. The predicted octanol–water partition coefficient (Wildman–Crippen LogP) is 3.01. The maximum absolute atomic E-state index is 12.7. The number of rotatable bonds is 0. The zero-order valence-corrected chi connectivity index (χ0v) is 15.7. The number of hydrogen-bond donors (Lipinski definition) is 0. The average molecular weight is 354 g/mol. The monoisotopic (exact) mass is 354 g/mol. The first-order chi connectivity index (χ1) is 12.3. The van der Waals surface area contributed by atoms with Crippen LogP contribution in [0.3, 0.4) is 0 Å². The first kappa shape index (κ1) is 15.8. The summed E-state index contributed by atoms with van der Waals surface area (Å²) in [5, 5.41) is 0. The fourth-order valence-electron chi connectivity index (χ4n) is 8.16. The molecule has 6 aliphatic rings. The molecule has 4 nitrogen and oxygen atoms in total. The minimum atomic E-state index is -0.578. The Morgan fingerprint density at radius 1 is 1.19 bits per heavy atom. The lowest BCUT2D eigenvalue weighted by molar-refractivity contribution is -0.219. The van der Waals surface area contributed by atoms with Gasteiger partial charge in [0.05, 0.1) is 6.10 Å². The molecule has 26 heavy (non-hydrogen) atoms. The molecule has 8 atom stereocenters. The molecule has 138 valence electrons. The highest BCUT2D eigenvalue weighted by Crippen LogP contribution is 2.77. The smallest absolute Gasteiger partial charge is 0.191 e. The van der Waals surface area contributed by atoms with Gasteiger partial charge in [-0.3, -0.25) is 9.59 Å². The number of fused-ring (bicyclic) bond motifs is 4. The predicted molar refractivity (Wildman–Crippen MR) is 94.4 cm³/mol. The third-order valence-corrected chi connectivity index (χ3v) is 9.32. The second-order valence-electron chi connectivity index (χ2n) is 9.96. The van der Waals surface area contributed by atoms with E-state index in [0.717, 1.165) is 25.7 Å². The minimum absolute atomic E-state index is 0.104. The molecule has 2 heterocycles. The third kappa shape index (κ3) is 1.33. The van der Waals surface area contributed by atoms with E-state index in [2.05, 4.69) is 26.8 Å². The molecule has 4 heteroatoms. The van der Waals surface area contributed by atoms with Crippen LogP contribution in [0, 0.1) is 28.6 Å². The van der Waals surface area contributed by atoms with Gasteiger partial charge in [0.25, 0.3) is 0 Å². The van der Waals surface area contributed by atoms with Gasteiger partial charge in [0.2, 0.25) is 0 Å². The number of Topliss-reactive ketones (excluding diaryl/α,β-unsaturated/α-hetero) is 1. The van der Waals surface area contributed by atoms with Gasteiger partial charge in [0.15, 0.2) is 11.6 Å². The lowest BCUT2D eigenvalue weighted by Gasteiger charge is -2.58. The van der Waals surface area contributed by atoms with Crippen molar-refractivity contribution in [3.8, 4) is 0 Å². The van der Waals surface area contributed by atoms with E-state index in [4.69, 9.17) is 9.47 Å². The SMILES string of the molecule is C[C@@H]1C[C@H]2[C@@H]3CCC4=CC(=O)C=C[C@]4(C)[C@@]34O[C@H]4C[C@]2(C)[C@]12OCC2=O. The van der Waals surface area contributed by atoms with E-state index >= 15 is 0 Å². The van der Waals surface area contributed by atoms with Gasteiger partial charge in [-0.25, -0.2) is 0 Å². The molecule has 0 N–H and O–H groups in total. The molecule has 0 aromatic carbocycles. The number of allylic oxidation sites excluding steroid dienone is 2. The molecule has 2 aliphatic heterocycles. The highest BCUT2D eigenvalue weighted by atomic mass is 16.6. The van der Waals surface area contributed by atoms with Crippen LogP contribution in [-0.4, -0.2) is 35.5 Å². The Balaban J connectivity index is 1.47. The maximum atomic E-state index is 12.7. The Kier molecular flexibility index (Phi) is 2.58. The quantitative estimate of drug-likeness (QED) is 0.628. The largest absolute Gasteiger partial charge is 0.364 e. The van der Waals surface area contributed by atoms with E-state index in [9.17, 15) is 9.59 Å². The molecule has 6 rings (SSSR count). The number of hydrogen-bond acceptors (Lipinski definition) is 4. The standard InChI is InChI=1S/C22H26O4/c1-12-8-16-15-5-4-13-9-14(23)6-7-19(13,2)22(15)18(26-22)10-20(16,3)21(12)17(24)11-25-21/h6-7,9,12,15-16,18H,4-5,8,10-11H2,1-3H3/t12-,15+,16+,18+,19+,20+,21+,22-/m1/s1. The molecule has 3 saturated carbocycles. The van der Waals surface area contributed by atoms with Crippen LogP contribution in [-0.2, 0) is 19.1 Å². The minimum Gasteiger partial charge on any atom is -0.364 e. The lowest BCUT2D eigenvalue weighted by atomic mass is 9.46. The van der Waals surface area contributed by atoms with Crippen molar-refractivity contribution in [2.45, 2.75) is 63.8 Å². The van der Waals surface area contributed by atoms with Crippen molar-refractivity contribution < 1.29 is 19.1 Å². The maximum Gasteiger partial charge on any atom is 0.191 e. The van der Waals surface area contributed by atoms with Crippen LogP contribution < -0.4 is 0 Å². The molecule has 2 saturated heterocycles. The number of carbonyl (C=O) groups excluding carboxylic acids is 2. The first-order valence-corrected chi connectivity index (χ1v) is 10.1. The van der Waals surface area contributed by atoms with Crippen molar-refractivity contribution >= 4 is 11.6 Å². The summed E-state index contributed by atoms with van der Waals surface area (Å²) >= 11 is 0. The summed E-state index contributed by atoms with van der Waals surface area (Å²) in [4.78, 5) is 24.6. The Bertz CT molecular complexity index is 826. The van der Waals surface area contributed by atoms with E-state index in [1.807, 2.05) is 6.08 Å². The number of ether oxygens (including phenoxy) is 2. The molecule has 0 aromatic rings. The summed E-state index contributed by atoms with van der Waals surface area (Å²) < 4.78 is 12.6. The van der Waals surface area contributed by atoms with Crippen molar-refractivity contribution in [3.63, 3.8) is 0 Å². The van der Waals surface area contributed by atoms with Crippen LogP contribution >= 0.6 is 0 Å². The van der Waals surface area contributed by atoms with E-state index in [1.165, 1.54) is 5.57 Å². The van der Waals surface area contributed by atoms with Crippen LogP contribution in [0.25, 0.3) is 0 Å². The molecule has 0 aromatic heterocycles. The van der Waals surface area contributed by atoms with Crippen LogP contribution in [0.15, 0.2) is 23.8 Å². The molecule has 0 radical (unpaired) electrons. The fourth-order valence-corrected chi connectivity index (χ4v) is 8.16. The highest BCUT2D eigenvalue weighted by molar-refractivity contribution is 6.01. The molecule has 4 aliphatic carbocycles. The molecular weight excluding hydrogens is 328 g/mol. The number of carbonyl (C=O) groups is 2. The molecular formula is C22H26O4. The van der Waals surface area contributed by atoms with E-state index < -0.39 is 5.60 Å². The van der Waals surface area contributed by atoms with Gasteiger partial charge in [-0.2, -0.15) is 0 Å². The van der Waals surface area contributed by atoms with Crippen molar-refractivity contribution in [2.24, 2.45) is 28.6 Å². The topological polar surface area (TPSA) is 55.9 Å². The fraction of sp³-hybridized carbons (Fsp3) is 0.727. The van der Waals surface area contributed by atoms with Gasteiger partial charge in [0, 0.05) is 10.8 Å². The van der Waals surface area contributed by atoms with Crippen LogP contribution in [0.2, 0.25) is 0 Å². The van der Waals surface area contributed by atoms with Crippen LogP contribution in [0.5, 0.6) is 0 Å². The van der Waals surface area contributed by atoms with Gasteiger partial charge < -0.3 is 9.47 Å². The second-order valence-corrected chi connectivity index (χ2v) is 9.96. The normalized spacial score (nSPS) is 59.1. The Morgan fingerprint density at radius 3 is 2.69 bits per heavy atom. The summed E-state index contributed by atoms with van der Waals surface area (Å²) in [6.07, 6.45) is 9.79. The van der Waals surface area contributed by atoms with Gasteiger partial charge in [0.1, 0.15) is 17.8 Å². The van der Waals surface area contributed by atoms with Gasteiger partial charge in [-0.05, 0) is 62.5 Å². The first-order valence-electron chi connectivity index (χ1n) is 10.1. The lowest BCUT2D eigenvalue weighted by Crippen LogP contribution is -2.68. The summed E-state index contributed by atoms with van der Waals surface area (Å²) in [5.74, 6) is 1.57. The number of ketones is 2. The molecule has 2 spiro atoms. The molecule has 0 unspecified atom stereocenters. The second kappa shape index (κ2) is 4.25.